The van der Waals surface area contributed by atoms with Gasteiger partial charge in [-0.05, 0) is 25.5 Å². The van der Waals surface area contributed by atoms with Crippen LogP contribution in [0.3, 0.4) is 0 Å². The highest BCUT2D eigenvalue weighted by Gasteiger charge is 2.26. The van der Waals surface area contributed by atoms with Crippen LogP contribution in [-0.4, -0.2) is 65.2 Å². The second-order valence-corrected chi connectivity index (χ2v) is 9.88. The van der Waals surface area contributed by atoms with Gasteiger partial charge < -0.3 is 29.3 Å². The summed E-state index contributed by atoms with van der Waals surface area (Å²) in [5, 5.41) is 10.5. The number of ether oxygens (including phenoxy) is 1. The summed E-state index contributed by atoms with van der Waals surface area (Å²) >= 11 is 12.5. The van der Waals surface area contributed by atoms with Crippen LogP contribution in [0.2, 0.25) is 5.02 Å². The number of aliphatic hydroxyl groups excluding tert-OH is 1. The number of hydrogen-bond donors (Lipinski definition) is 1. The summed E-state index contributed by atoms with van der Waals surface area (Å²) in [6.07, 6.45) is 8.36. The number of carbonyl (C=O) groups excluding carboxylic acids is 1. The molecule has 0 aliphatic carbocycles. The highest BCUT2D eigenvalue weighted by Crippen LogP contribution is 2.33. The molecule has 1 unspecified atom stereocenters. The van der Waals surface area contributed by atoms with Crippen LogP contribution in [0.25, 0.3) is 0 Å². The molecule has 1 saturated heterocycles. The van der Waals surface area contributed by atoms with Gasteiger partial charge in [0.2, 0.25) is 5.95 Å². The third-order valence-electron chi connectivity index (χ3n) is 6.33. The molecular weight excluding hydrogens is 515 g/mol. The van der Waals surface area contributed by atoms with E-state index < -0.39 is 6.10 Å². The Hall–Kier alpha value is -3.14. The largest absolute Gasteiger partial charge is 0.489 e. The SMILES string of the molecule is C=C1C=C(OC2CCN(c3ncc(Cl)cn3)CC2)C(Cl)=CN1c1ccc(N(C)CCC(O)C=O)c(C)n1. The summed E-state index contributed by atoms with van der Waals surface area (Å²) in [6.45, 7) is 8.15. The molecule has 1 atom stereocenters. The molecular formula is C26H30Cl2N6O3. The van der Waals surface area contributed by atoms with Crippen LogP contribution in [0.1, 0.15) is 25.0 Å². The van der Waals surface area contributed by atoms with Gasteiger partial charge in [0.1, 0.15) is 30.1 Å². The number of anilines is 3. The van der Waals surface area contributed by atoms with E-state index >= 15 is 0 Å². The number of aldehydes is 1. The van der Waals surface area contributed by atoms with Crippen molar-refractivity contribution in [1.82, 2.24) is 15.0 Å². The average Bonchev–Trinajstić information content (AvgIpc) is 2.89. The van der Waals surface area contributed by atoms with Crippen LogP contribution in [0, 0.1) is 6.92 Å². The monoisotopic (exact) mass is 544 g/mol. The maximum Gasteiger partial charge on any atom is 0.225 e. The van der Waals surface area contributed by atoms with Gasteiger partial charge in [-0.3, -0.25) is 0 Å². The van der Waals surface area contributed by atoms with Gasteiger partial charge in [-0.15, -0.1) is 0 Å². The van der Waals surface area contributed by atoms with Crippen molar-refractivity contribution < 1.29 is 14.6 Å². The topological polar surface area (TPSA) is 94.9 Å². The number of hydrogen-bond acceptors (Lipinski definition) is 9. The van der Waals surface area contributed by atoms with E-state index in [1.54, 1.807) is 18.6 Å². The van der Waals surface area contributed by atoms with Crippen molar-refractivity contribution >= 4 is 46.9 Å². The lowest BCUT2D eigenvalue weighted by Gasteiger charge is -2.33. The van der Waals surface area contributed by atoms with Gasteiger partial charge in [0.05, 0.1) is 33.8 Å². The van der Waals surface area contributed by atoms with Crippen molar-refractivity contribution in [3.05, 3.63) is 70.6 Å². The Balaban J connectivity index is 1.36. The van der Waals surface area contributed by atoms with E-state index in [0.717, 1.165) is 37.3 Å². The fraction of sp³-hybridized carbons (Fsp3) is 0.385. The molecule has 9 nitrogen and oxygen atoms in total. The molecule has 37 heavy (non-hydrogen) atoms. The molecule has 196 valence electrons. The Labute approximate surface area is 226 Å². The minimum atomic E-state index is -0.966. The quantitative estimate of drug-likeness (QED) is 0.465. The molecule has 1 fully saturated rings. The molecule has 0 bridgehead atoms. The normalized spacial score (nSPS) is 17.3. The third kappa shape index (κ3) is 6.60. The average molecular weight is 545 g/mol. The molecule has 11 heteroatoms. The highest BCUT2D eigenvalue weighted by atomic mass is 35.5. The van der Waals surface area contributed by atoms with Gasteiger partial charge in [-0.1, -0.05) is 29.8 Å². The second kappa shape index (κ2) is 11.9. The number of pyridine rings is 1. The standard InChI is InChI=1S/C26H30Cl2N6O3/c1-17-12-24(37-21-7-10-33(11-8-21)26-29-13-19(27)14-30-26)22(28)15-34(17)25-5-4-23(18(2)31-25)32(3)9-6-20(36)16-35/h4-5,12-16,20-21,36H,1,6-11H2,2-3H3. The van der Waals surface area contributed by atoms with Gasteiger partial charge in [-0.25, -0.2) is 15.0 Å². The second-order valence-electron chi connectivity index (χ2n) is 9.04. The van der Waals surface area contributed by atoms with E-state index in [4.69, 9.17) is 32.9 Å². The lowest BCUT2D eigenvalue weighted by Crippen LogP contribution is -2.38. The first kappa shape index (κ1) is 26.9. The zero-order valence-corrected chi connectivity index (χ0v) is 22.4. The highest BCUT2D eigenvalue weighted by molar-refractivity contribution is 6.32. The number of piperidine rings is 1. The van der Waals surface area contributed by atoms with Crippen LogP contribution in [0.4, 0.5) is 17.5 Å². The summed E-state index contributed by atoms with van der Waals surface area (Å²) in [5.74, 6) is 1.93. The summed E-state index contributed by atoms with van der Waals surface area (Å²) in [4.78, 5) is 29.9. The summed E-state index contributed by atoms with van der Waals surface area (Å²) in [5.41, 5.74) is 2.41. The van der Waals surface area contributed by atoms with Crippen molar-refractivity contribution in [2.45, 2.75) is 38.4 Å². The first-order valence-corrected chi connectivity index (χ1v) is 12.8. The van der Waals surface area contributed by atoms with Gasteiger partial charge in [0.15, 0.2) is 0 Å². The first-order valence-electron chi connectivity index (χ1n) is 12.0. The van der Waals surface area contributed by atoms with Crippen LogP contribution in [0.5, 0.6) is 0 Å². The molecule has 0 radical (unpaired) electrons. The van der Waals surface area contributed by atoms with Gasteiger partial charge in [-0.2, -0.15) is 0 Å². The van der Waals surface area contributed by atoms with Crippen molar-refractivity contribution in [2.24, 2.45) is 0 Å². The predicted octanol–water partition coefficient (Wildman–Crippen LogP) is 4.20. The molecule has 0 spiro atoms. The molecule has 2 aromatic heterocycles. The number of halogens is 2. The predicted molar refractivity (Wildman–Crippen MR) is 146 cm³/mol. The third-order valence-corrected chi connectivity index (χ3v) is 6.81. The molecule has 2 aliphatic rings. The van der Waals surface area contributed by atoms with Crippen LogP contribution < -0.4 is 14.7 Å². The minimum absolute atomic E-state index is 0.0178. The van der Waals surface area contributed by atoms with Gasteiger partial charge in [0.25, 0.3) is 0 Å². The van der Waals surface area contributed by atoms with E-state index in [9.17, 15) is 9.90 Å². The number of nitrogens with zero attached hydrogens (tertiary/aromatic N) is 6. The van der Waals surface area contributed by atoms with E-state index in [2.05, 4.69) is 21.4 Å². The lowest BCUT2D eigenvalue weighted by molar-refractivity contribution is -0.115. The molecule has 0 aromatic carbocycles. The fourth-order valence-electron chi connectivity index (χ4n) is 4.27. The molecule has 0 amide bonds. The smallest absolute Gasteiger partial charge is 0.225 e. The van der Waals surface area contributed by atoms with E-state index in [1.807, 2.05) is 42.0 Å². The Morgan fingerprint density at radius 3 is 2.62 bits per heavy atom. The van der Waals surface area contributed by atoms with Crippen LogP contribution in [0.15, 0.2) is 59.9 Å². The maximum atomic E-state index is 10.7. The Morgan fingerprint density at radius 2 is 1.97 bits per heavy atom. The molecule has 4 rings (SSSR count). The van der Waals surface area contributed by atoms with E-state index in [0.29, 0.717) is 52.5 Å². The first-order chi connectivity index (χ1) is 17.7. The van der Waals surface area contributed by atoms with E-state index in [-0.39, 0.29) is 6.10 Å². The number of carbonyl (C=O) groups is 1. The molecule has 1 N–H and O–H groups in total. The van der Waals surface area contributed by atoms with Crippen LogP contribution in [-0.2, 0) is 9.53 Å². The number of aryl methyl sites for hydroxylation is 1. The number of aliphatic hydroxyl groups is 1. The number of aromatic nitrogens is 3. The van der Waals surface area contributed by atoms with Crippen LogP contribution >= 0.6 is 23.2 Å². The lowest BCUT2D eigenvalue weighted by atomic mass is 10.1. The van der Waals surface area contributed by atoms with Crippen molar-refractivity contribution in [3.63, 3.8) is 0 Å². The summed E-state index contributed by atoms with van der Waals surface area (Å²) in [6, 6.07) is 3.84. The number of rotatable bonds is 9. The van der Waals surface area contributed by atoms with Crippen molar-refractivity contribution in [3.8, 4) is 0 Å². The van der Waals surface area contributed by atoms with Crippen molar-refractivity contribution in [1.29, 1.82) is 0 Å². The van der Waals surface area contributed by atoms with Gasteiger partial charge in [0, 0.05) is 57.5 Å². The zero-order valence-electron chi connectivity index (χ0n) is 20.8. The molecule has 2 aromatic rings. The molecule has 0 saturated carbocycles. The summed E-state index contributed by atoms with van der Waals surface area (Å²) < 4.78 is 6.24. The minimum Gasteiger partial charge on any atom is -0.489 e. The fourth-order valence-corrected chi connectivity index (χ4v) is 4.56. The Kier molecular flexibility index (Phi) is 8.68. The number of allylic oxidation sites excluding steroid dienone is 2. The zero-order chi connectivity index (χ0) is 26.5. The Morgan fingerprint density at radius 1 is 1.27 bits per heavy atom. The molecule has 4 heterocycles. The summed E-state index contributed by atoms with van der Waals surface area (Å²) in [7, 11) is 1.90. The maximum absolute atomic E-state index is 10.7. The molecule has 2 aliphatic heterocycles. The Bertz CT molecular complexity index is 1200. The van der Waals surface area contributed by atoms with Crippen molar-refractivity contribution in [2.75, 3.05) is 41.4 Å². The van der Waals surface area contributed by atoms with Gasteiger partial charge >= 0.3 is 0 Å². The van der Waals surface area contributed by atoms with E-state index in [1.165, 1.54) is 0 Å².